The fourth-order valence-electron chi connectivity index (χ4n) is 3.31. The van der Waals surface area contributed by atoms with Crippen LogP contribution in [0.25, 0.3) is 0 Å². The van der Waals surface area contributed by atoms with E-state index in [0.29, 0.717) is 32.8 Å². The third-order valence-corrected chi connectivity index (χ3v) is 4.84. The van der Waals surface area contributed by atoms with Gasteiger partial charge in [0.2, 0.25) is 5.91 Å². The van der Waals surface area contributed by atoms with Gasteiger partial charge in [-0.25, -0.2) is 4.79 Å². The second-order valence-corrected chi connectivity index (χ2v) is 6.75. The predicted molar refractivity (Wildman–Crippen MR) is 107 cm³/mol. The van der Waals surface area contributed by atoms with Gasteiger partial charge in [-0.2, -0.15) is 0 Å². The number of nitrogens with one attached hydrogen (secondary N) is 1. The smallest absolute Gasteiger partial charge is 0.321 e. The van der Waals surface area contributed by atoms with Crippen LogP contribution in [0.5, 0.6) is 0 Å². The number of carbonyl (C=O) groups is 2. The molecule has 0 aliphatic carbocycles. The van der Waals surface area contributed by atoms with Crippen LogP contribution >= 0.6 is 0 Å². The SMILES string of the molecule is CCN(CC)C(=O)CN1CCCN(C(=O)Nc2cccc(COC)c2)CC1. The molecule has 0 saturated carbocycles. The fourth-order valence-corrected chi connectivity index (χ4v) is 3.31. The Kier molecular flexibility index (Phi) is 8.54. The van der Waals surface area contributed by atoms with E-state index < -0.39 is 0 Å². The minimum Gasteiger partial charge on any atom is -0.380 e. The van der Waals surface area contributed by atoms with E-state index in [0.717, 1.165) is 37.3 Å². The van der Waals surface area contributed by atoms with Crippen LogP contribution in [0.3, 0.4) is 0 Å². The van der Waals surface area contributed by atoms with Crippen molar-refractivity contribution in [2.24, 2.45) is 0 Å². The van der Waals surface area contributed by atoms with Crippen molar-refractivity contribution < 1.29 is 14.3 Å². The molecule has 1 N–H and O–H groups in total. The third kappa shape index (κ3) is 6.52. The molecule has 1 fully saturated rings. The van der Waals surface area contributed by atoms with Crippen molar-refractivity contribution in [2.75, 3.05) is 58.2 Å². The molecule has 0 spiro atoms. The van der Waals surface area contributed by atoms with E-state index in [9.17, 15) is 9.59 Å². The van der Waals surface area contributed by atoms with Crippen LogP contribution in [0, 0.1) is 0 Å². The quantitative estimate of drug-likeness (QED) is 0.793. The lowest BCUT2D eigenvalue weighted by atomic mass is 10.2. The van der Waals surface area contributed by atoms with Gasteiger partial charge in [0.05, 0.1) is 13.2 Å². The molecule has 0 bridgehead atoms. The van der Waals surface area contributed by atoms with E-state index >= 15 is 0 Å². The minimum atomic E-state index is -0.0958. The standard InChI is InChI=1S/C20H32N4O3/c1-4-23(5-2)19(25)15-22-10-7-11-24(13-12-22)20(26)21-18-9-6-8-17(14-18)16-27-3/h6,8-9,14H,4-5,7,10-13,15-16H2,1-3H3,(H,21,26). The maximum atomic E-state index is 12.6. The fraction of sp³-hybridized carbons (Fsp3) is 0.600. The molecule has 7 heteroatoms. The molecule has 0 radical (unpaired) electrons. The Balaban J connectivity index is 1.87. The molecule has 2 rings (SSSR count). The second-order valence-electron chi connectivity index (χ2n) is 6.75. The molecule has 0 atom stereocenters. The zero-order chi connectivity index (χ0) is 19.6. The van der Waals surface area contributed by atoms with Crippen molar-refractivity contribution in [3.63, 3.8) is 0 Å². The summed E-state index contributed by atoms with van der Waals surface area (Å²) in [5.74, 6) is 0.160. The highest BCUT2D eigenvalue weighted by Gasteiger charge is 2.21. The lowest BCUT2D eigenvalue weighted by Crippen LogP contribution is -2.42. The molecule has 7 nitrogen and oxygen atoms in total. The molecular formula is C20H32N4O3. The van der Waals surface area contributed by atoms with Gasteiger partial charge in [-0.15, -0.1) is 0 Å². The number of carbonyl (C=O) groups excluding carboxylic acids is 2. The summed E-state index contributed by atoms with van der Waals surface area (Å²) >= 11 is 0. The Bertz CT molecular complexity index is 619. The highest BCUT2D eigenvalue weighted by atomic mass is 16.5. The van der Waals surface area contributed by atoms with Gasteiger partial charge in [-0.3, -0.25) is 9.69 Å². The first-order chi connectivity index (χ1) is 13.1. The Labute approximate surface area is 162 Å². The number of rotatable bonds is 7. The molecule has 1 heterocycles. The number of hydrogen-bond acceptors (Lipinski definition) is 4. The maximum absolute atomic E-state index is 12.6. The van der Waals surface area contributed by atoms with Gasteiger partial charge in [-0.1, -0.05) is 12.1 Å². The molecule has 1 saturated heterocycles. The summed E-state index contributed by atoms with van der Waals surface area (Å²) in [5.41, 5.74) is 1.79. The van der Waals surface area contributed by atoms with E-state index in [4.69, 9.17) is 4.74 Å². The lowest BCUT2D eigenvalue weighted by molar-refractivity contribution is -0.132. The number of urea groups is 1. The molecule has 27 heavy (non-hydrogen) atoms. The van der Waals surface area contributed by atoms with Crippen LogP contribution < -0.4 is 5.32 Å². The van der Waals surface area contributed by atoms with Gasteiger partial charge in [0.1, 0.15) is 0 Å². The zero-order valence-electron chi connectivity index (χ0n) is 16.7. The maximum Gasteiger partial charge on any atom is 0.321 e. The Hall–Kier alpha value is -2.12. The summed E-state index contributed by atoms with van der Waals surface area (Å²) in [7, 11) is 1.65. The molecule has 1 aliphatic rings. The van der Waals surface area contributed by atoms with E-state index in [1.165, 1.54) is 0 Å². The average molecular weight is 377 g/mol. The van der Waals surface area contributed by atoms with E-state index in [1.807, 2.05) is 47.9 Å². The van der Waals surface area contributed by atoms with Gasteiger partial charge in [0.15, 0.2) is 0 Å². The van der Waals surface area contributed by atoms with Gasteiger partial charge < -0.3 is 19.9 Å². The van der Waals surface area contributed by atoms with Crippen LogP contribution in [0.1, 0.15) is 25.8 Å². The number of nitrogens with zero attached hydrogens (tertiary/aromatic N) is 3. The van der Waals surface area contributed by atoms with Gasteiger partial charge >= 0.3 is 6.03 Å². The molecular weight excluding hydrogens is 344 g/mol. The van der Waals surface area contributed by atoms with Crippen molar-refractivity contribution in [3.05, 3.63) is 29.8 Å². The Morgan fingerprint density at radius 2 is 1.93 bits per heavy atom. The summed E-state index contributed by atoms with van der Waals surface area (Å²) in [6, 6.07) is 7.59. The van der Waals surface area contributed by atoms with Crippen molar-refractivity contribution in [1.82, 2.24) is 14.7 Å². The van der Waals surface area contributed by atoms with Gasteiger partial charge in [0, 0.05) is 52.1 Å². The highest BCUT2D eigenvalue weighted by Crippen LogP contribution is 2.13. The number of amides is 3. The Morgan fingerprint density at radius 3 is 2.63 bits per heavy atom. The van der Waals surface area contributed by atoms with Gasteiger partial charge in [0.25, 0.3) is 0 Å². The number of likely N-dealkylation sites (N-methyl/N-ethyl adjacent to an activating group) is 1. The molecule has 1 aliphatic heterocycles. The zero-order valence-corrected chi connectivity index (χ0v) is 16.7. The topological polar surface area (TPSA) is 65.1 Å². The van der Waals surface area contributed by atoms with Crippen molar-refractivity contribution in [2.45, 2.75) is 26.9 Å². The van der Waals surface area contributed by atoms with Crippen molar-refractivity contribution >= 4 is 17.6 Å². The summed E-state index contributed by atoms with van der Waals surface area (Å²) < 4.78 is 5.14. The highest BCUT2D eigenvalue weighted by molar-refractivity contribution is 5.89. The summed E-state index contributed by atoms with van der Waals surface area (Å²) in [5, 5.41) is 2.97. The molecule has 3 amide bonds. The summed E-state index contributed by atoms with van der Waals surface area (Å²) in [4.78, 5) is 30.7. The Morgan fingerprint density at radius 1 is 1.15 bits per heavy atom. The molecule has 0 aromatic heterocycles. The van der Waals surface area contributed by atoms with Crippen LogP contribution in [0.4, 0.5) is 10.5 Å². The normalized spacial score (nSPS) is 15.3. The van der Waals surface area contributed by atoms with E-state index in [-0.39, 0.29) is 11.9 Å². The summed E-state index contributed by atoms with van der Waals surface area (Å²) in [6.45, 7) is 9.27. The lowest BCUT2D eigenvalue weighted by Gasteiger charge is -2.25. The van der Waals surface area contributed by atoms with Crippen LogP contribution in [0.2, 0.25) is 0 Å². The number of benzene rings is 1. The van der Waals surface area contributed by atoms with Crippen LogP contribution in [0.15, 0.2) is 24.3 Å². The molecule has 150 valence electrons. The largest absolute Gasteiger partial charge is 0.380 e. The molecule has 0 unspecified atom stereocenters. The van der Waals surface area contributed by atoms with Gasteiger partial charge in [-0.05, 0) is 38.0 Å². The monoisotopic (exact) mass is 376 g/mol. The first kappa shape index (κ1) is 21.2. The predicted octanol–water partition coefficient (Wildman–Crippen LogP) is 2.24. The second kappa shape index (κ2) is 10.9. The van der Waals surface area contributed by atoms with Crippen molar-refractivity contribution in [3.8, 4) is 0 Å². The average Bonchev–Trinajstić information content (AvgIpc) is 2.89. The minimum absolute atomic E-state index is 0.0958. The molecule has 1 aromatic rings. The third-order valence-electron chi connectivity index (χ3n) is 4.84. The van der Waals surface area contributed by atoms with Crippen LogP contribution in [-0.4, -0.2) is 79.6 Å². The van der Waals surface area contributed by atoms with Crippen LogP contribution in [-0.2, 0) is 16.1 Å². The number of ether oxygens (including phenoxy) is 1. The van der Waals surface area contributed by atoms with E-state index in [2.05, 4.69) is 10.2 Å². The van der Waals surface area contributed by atoms with E-state index in [1.54, 1.807) is 7.11 Å². The number of hydrogen-bond donors (Lipinski definition) is 1. The summed E-state index contributed by atoms with van der Waals surface area (Å²) in [6.07, 6.45) is 0.864. The number of anilines is 1. The first-order valence-electron chi connectivity index (χ1n) is 9.71. The number of methoxy groups -OCH3 is 1. The first-order valence-corrected chi connectivity index (χ1v) is 9.71. The van der Waals surface area contributed by atoms with Crippen molar-refractivity contribution in [1.29, 1.82) is 0 Å². The molecule has 1 aromatic carbocycles.